The van der Waals surface area contributed by atoms with Crippen molar-refractivity contribution in [2.75, 3.05) is 9.80 Å². The van der Waals surface area contributed by atoms with Gasteiger partial charge in [0.2, 0.25) is 0 Å². The van der Waals surface area contributed by atoms with Crippen molar-refractivity contribution in [3.63, 3.8) is 0 Å². The molecule has 0 bridgehead atoms. The predicted octanol–water partition coefficient (Wildman–Crippen LogP) is 13.4. The van der Waals surface area contributed by atoms with Crippen LogP contribution in [0.2, 0.25) is 0 Å². The third-order valence-electron chi connectivity index (χ3n) is 11.3. The van der Waals surface area contributed by atoms with Gasteiger partial charge in [-0.05, 0) is 126 Å². The Morgan fingerprint density at radius 3 is 1.11 bits per heavy atom. The molecule has 2 aliphatic carbocycles. The highest BCUT2D eigenvalue weighted by molar-refractivity contribution is 6.20. The topological polar surface area (TPSA) is 23.6 Å². The van der Waals surface area contributed by atoms with Crippen LogP contribution in [0.25, 0.3) is 22.3 Å². The number of benzene rings is 8. The minimum Gasteiger partial charge on any atom is -0.310 e. The Hall–Kier alpha value is -6.97. The summed E-state index contributed by atoms with van der Waals surface area (Å²) in [4.78, 5) is 20.7. The summed E-state index contributed by atoms with van der Waals surface area (Å²) in [5, 5.41) is 0. The van der Waals surface area contributed by atoms with Crippen LogP contribution in [0.1, 0.15) is 38.2 Å². The molecule has 8 aromatic carbocycles. The molecule has 0 saturated heterocycles. The Labute approximate surface area is 322 Å². The molecule has 0 N–H and O–H groups in total. The van der Waals surface area contributed by atoms with Crippen molar-refractivity contribution in [3.05, 3.63) is 228 Å². The van der Waals surface area contributed by atoms with Gasteiger partial charge in [0, 0.05) is 39.7 Å². The maximum Gasteiger partial charge on any atom is 0.183 e. The van der Waals surface area contributed by atoms with E-state index in [2.05, 4.69) is 194 Å². The molecule has 1 atom stereocenters. The molecular formula is C52H38N2O. The van der Waals surface area contributed by atoms with Crippen LogP contribution in [-0.2, 0) is 5.41 Å². The maximum absolute atomic E-state index is 16.2. The number of para-hydroxylation sites is 4. The second-order valence-corrected chi connectivity index (χ2v) is 14.6. The molecule has 0 saturated carbocycles. The Morgan fingerprint density at radius 2 is 0.673 bits per heavy atom. The van der Waals surface area contributed by atoms with Gasteiger partial charge in [0.05, 0.1) is 0 Å². The van der Waals surface area contributed by atoms with E-state index in [0.29, 0.717) is 0 Å². The summed E-state index contributed by atoms with van der Waals surface area (Å²) < 4.78 is 0. The molecule has 0 radical (unpaired) electrons. The minimum atomic E-state index is -1.07. The smallest absolute Gasteiger partial charge is 0.183 e. The largest absolute Gasteiger partial charge is 0.310 e. The fourth-order valence-electron chi connectivity index (χ4n) is 8.92. The fraction of sp³-hybridized carbons (Fsp3) is 0.0577. The standard InChI is InChI=1S/C52H38N2O/c1-35-23-27-44-43-29-25-41(53(37-15-7-3-8-16-37)38-17-9-4-10-18-38)33-47(43)51(55)52(48(44)31-35)49-32-36(2)24-28-45(49)46-30-26-42(34-50(46)52)54(39-19-11-5-12-20-39)40-21-13-6-14-22-40/h3-34H,1-2H3. The quantitative estimate of drug-likeness (QED) is 0.172. The molecule has 0 amide bonds. The van der Waals surface area contributed by atoms with Crippen molar-refractivity contribution in [2.45, 2.75) is 19.3 Å². The van der Waals surface area contributed by atoms with E-state index < -0.39 is 5.41 Å². The molecule has 3 heteroatoms. The second-order valence-electron chi connectivity index (χ2n) is 14.6. The van der Waals surface area contributed by atoms with E-state index in [4.69, 9.17) is 0 Å². The van der Waals surface area contributed by atoms with Gasteiger partial charge in [-0.2, -0.15) is 0 Å². The van der Waals surface area contributed by atoms with Gasteiger partial charge in [0.1, 0.15) is 5.41 Å². The van der Waals surface area contributed by atoms with Gasteiger partial charge in [-0.1, -0.05) is 132 Å². The van der Waals surface area contributed by atoms with E-state index in [1.54, 1.807) is 0 Å². The van der Waals surface area contributed by atoms with Crippen LogP contribution in [0.3, 0.4) is 0 Å². The highest BCUT2D eigenvalue weighted by Gasteiger charge is 2.54. The van der Waals surface area contributed by atoms with Gasteiger partial charge in [-0.3, -0.25) is 4.79 Å². The second kappa shape index (κ2) is 12.9. The number of nitrogens with zero attached hydrogens (tertiary/aromatic N) is 2. The number of fused-ring (bicyclic) bond motifs is 9. The Bertz CT molecular complexity index is 2660. The predicted molar refractivity (Wildman–Crippen MR) is 227 cm³/mol. The van der Waals surface area contributed by atoms with Gasteiger partial charge in [-0.25, -0.2) is 0 Å². The van der Waals surface area contributed by atoms with Crippen molar-refractivity contribution in [1.82, 2.24) is 0 Å². The summed E-state index contributed by atoms with van der Waals surface area (Å²) >= 11 is 0. The lowest BCUT2D eigenvalue weighted by atomic mass is 9.61. The summed E-state index contributed by atoms with van der Waals surface area (Å²) in [5.74, 6) is 0.0947. The van der Waals surface area contributed by atoms with Crippen LogP contribution in [-0.4, -0.2) is 5.78 Å². The Kier molecular flexibility index (Phi) is 7.64. The molecule has 0 fully saturated rings. The Morgan fingerprint density at radius 1 is 0.327 bits per heavy atom. The van der Waals surface area contributed by atoms with Crippen molar-refractivity contribution in [3.8, 4) is 22.3 Å². The number of anilines is 6. The number of Topliss-reactive ketones (excluding diaryl/α,β-unsaturated/α-hetero) is 1. The van der Waals surface area contributed by atoms with Gasteiger partial charge >= 0.3 is 0 Å². The molecule has 0 aliphatic heterocycles. The first kappa shape index (κ1) is 32.7. The highest BCUT2D eigenvalue weighted by Crippen LogP contribution is 2.60. The van der Waals surface area contributed by atoms with Crippen LogP contribution >= 0.6 is 0 Å². The SMILES string of the molecule is Cc1ccc2c(c1)C1(C(=O)c3cc(N(c4ccccc4)c4ccccc4)ccc3-2)c2cc(C)ccc2-c2ccc(N(c3ccccc3)c3ccccc3)cc21. The first-order valence-corrected chi connectivity index (χ1v) is 18.9. The number of hydrogen-bond donors (Lipinski definition) is 0. The number of carbonyl (C=O) groups is 1. The van der Waals surface area contributed by atoms with Crippen LogP contribution in [0, 0.1) is 13.8 Å². The molecule has 0 heterocycles. The lowest BCUT2D eigenvalue weighted by Gasteiger charge is -2.39. The summed E-state index contributed by atoms with van der Waals surface area (Å²) in [6.07, 6.45) is 0. The third-order valence-corrected chi connectivity index (χ3v) is 11.3. The van der Waals surface area contributed by atoms with E-state index in [1.165, 1.54) is 0 Å². The lowest BCUT2D eigenvalue weighted by molar-refractivity contribution is 0.0935. The molecule has 3 nitrogen and oxygen atoms in total. The van der Waals surface area contributed by atoms with Crippen molar-refractivity contribution >= 4 is 39.9 Å². The number of ketones is 1. The zero-order chi connectivity index (χ0) is 37.1. The average molecular weight is 707 g/mol. The van der Waals surface area contributed by atoms with Crippen molar-refractivity contribution in [2.24, 2.45) is 0 Å². The Balaban J connectivity index is 1.25. The number of hydrogen-bond acceptors (Lipinski definition) is 3. The van der Waals surface area contributed by atoms with E-state index in [0.717, 1.165) is 89.8 Å². The molecule has 8 aromatic rings. The van der Waals surface area contributed by atoms with Crippen LogP contribution in [0.4, 0.5) is 34.1 Å². The molecule has 2 aliphatic rings. The summed E-state index contributed by atoms with van der Waals surface area (Å²) in [7, 11) is 0. The number of aryl methyl sites for hydroxylation is 2. The summed E-state index contributed by atoms with van der Waals surface area (Å²) in [6, 6.07) is 68.2. The lowest BCUT2D eigenvalue weighted by Crippen LogP contribution is -2.40. The highest BCUT2D eigenvalue weighted by atomic mass is 16.1. The van der Waals surface area contributed by atoms with E-state index >= 15 is 4.79 Å². The van der Waals surface area contributed by atoms with Crippen LogP contribution in [0.5, 0.6) is 0 Å². The zero-order valence-electron chi connectivity index (χ0n) is 30.8. The molecule has 1 unspecified atom stereocenters. The van der Waals surface area contributed by atoms with Gasteiger partial charge in [0.15, 0.2) is 5.78 Å². The van der Waals surface area contributed by atoms with E-state index in [1.807, 2.05) is 24.3 Å². The summed E-state index contributed by atoms with van der Waals surface area (Å²) in [5.41, 5.74) is 15.3. The normalized spacial score (nSPS) is 14.8. The summed E-state index contributed by atoms with van der Waals surface area (Å²) in [6.45, 7) is 4.26. The maximum atomic E-state index is 16.2. The first-order valence-electron chi connectivity index (χ1n) is 18.9. The molecule has 10 rings (SSSR count). The van der Waals surface area contributed by atoms with Gasteiger partial charge in [-0.15, -0.1) is 0 Å². The van der Waals surface area contributed by atoms with Crippen LogP contribution < -0.4 is 9.80 Å². The van der Waals surface area contributed by atoms with E-state index in [9.17, 15) is 0 Å². The molecule has 1 spiro atoms. The third kappa shape index (κ3) is 5.08. The molecular weight excluding hydrogens is 669 g/mol. The van der Waals surface area contributed by atoms with Crippen molar-refractivity contribution < 1.29 is 4.79 Å². The molecule has 0 aromatic heterocycles. The molecule has 55 heavy (non-hydrogen) atoms. The van der Waals surface area contributed by atoms with Crippen LogP contribution in [0.15, 0.2) is 194 Å². The first-order chi connectivity index (χ1) is 27.0. The van der Waals surface area contributed by atoms with Crippen molar-refractivity contribution in [1.29, 1.82) is 0 Å². The fourth-order valence-corrected chi connectivity index (χ4v) is 8.92. The molecule has 262 valence electrons. The van der Waals surface area contributed by atoms with E-state index in [-0.39, 0.29) is 5.78 Å². The van der Waals surface area contributed by atoms with Gasteiger partial charge in [0.25, 0.3) is 0 Å². The van der Waals surface area contributed by atoms with Gasteiger partial charge < -0.3 is 9.80 Å². The average Bonchev–Trinajstić information content (AvgIpc) is 3.51. The number of rotatable bonds is 6. The zero-order valence-corrected chi connectivity index (χ0v) is 30.8. The minimum absolute atomic E-state index is 0.0947. The number of carbonyl (C=O) groups excluding carboxylic acids is 1. The monoisotopic (exact) mass is 706 g/mol.